The maximum Gasteiger partial charge on any atom is 0.180 e. The minimum atomic E-state index is -3.55. The highest BCUT2D eigenvalue weighted by Crippen LogP contribution is 2.19. The fraction of sp³-hybridized carbons (Fsp3) is 0.250. The lowest BCUT2D eigenvalue weighted by atomic mass is 10.3. The van der Waals surface area contributed by atoms with Gasteiger partial charge in [0.05, 0.1) is 45.9 Å². The number of hydrazine groups is 1. The van der Waals surface area contributed by atoms with Crippen LogP contribution in [0.1, 0.15) is 0 Å². The van der Waals surface area contributed by atoms with E-state index in [0.29, 0.717) is 11.4 Å². The second kappa shape index (κ2) is 8.49. The number of benzene rings is 2. The third-order valence-corrected chi connectivity index (χ3v) is 6.88. The van der Waals surface area contributed by atoms with E-state index in [2.05, 4.69) is 10.9 Å². The third kappa shape index (κ3) is 5.18. The van der Waals surface area contributed by atoms with Gasteiger partial charge in [0.2, 0.25) is 0 Å². The van der Waals surface area contributed by atoms with Gasteiger partial charge in [-0.15, -0.1) is 0 Å². The maximum atomic E-state index is 12.0. The molecule has 0 atom stereocenters. The van der Waals surface area contributed by atoms with Crippen LogP contribution >= 0.6 is 0 Å². The van der Waals surface area contributed by atoms with E-state index >= 15 is 0 Å². The molecule has 0 saturated heterocycles. The first-order chi connectivity index (χ1) is 12.3. The molecule has 2 aromatic carbocycles. The molecule has 0 radical (unpaired) electrons. The Morgan fingerprint density at radius 1 is 0.692 bits per heavy atom. The standard InChI is InChI=1S/C16H20N2O6S2/c19-8-10-25(21,22)15-6-4-13(5-7-15)17-18-14-2-1-3-16(12-14)26(23,24)11-9-20/h1-7,12,17-20H,8-11H2. The molecular weight excluding hydrogens is 380 g/mol. The van der Waals surface area contributed by atoms with Crippen molar-refractivity contribution in [2.24, 2.45) is 0 Å². The van der Waals surface area contributed by atoms with E-state index < -0.39 is 32.9 Å². The van der Waals surface area contributed by atoms with Gasteiger partial charge in [-0.05, 0) is 42.5 Å². The first kappa shape index (κ1) is 20.2. The Bertz CT molecular complexity index is 941. The summed E-state index contributed by atoms with van der Waals surface area (Å²) in [6.07, 6.45) is 0. The van der Waals surface area contributed by atoms with Crippen LogP contribution in [0.15, 0.2) is 58.3 Å². The Balaban J connectivity index is 2.08. The lowest BCUT2D eigenvalue weighted by Crippen LogP contribution is -2.13. The van der Waals surface area contributed by atoms with Gasteiger partial charge < -0.3 is 21.1 Å². The van der Waals surface area contributed by atoms with Crippen LogP contribution in [0.4, 0.5) is 11.4 Å². The van der Waals surface area contributed by atoms with Gasteiger partial charge in [0.25, 0.3) is 0 Å². The van der Waals surface area contributed by atoms with E-state index in [1.54, 1.807) is 24.3 Å². The Hall–Kier alpha value is -2.14. The molecule has 2 rings (SSSR count). The van der Waals surface area contributed by atoms with Crippen molar-refractivity contribution in [3.63, 3.8) is 0 Å². The van der Waals surface area contributed by atoms with Gasteiger partial charge in [0, 0.05) is 0 Å². The Morgan fingerprint density at radius 2 is 1.23 bits per heavy atom. The van der Waals surface area contributed by atoms with Crippen molar-refractivity contribution >= 4 is 31.0 Å². The van der Waals surface area contributed by atoms with Crippen LogP contribution in [-0.4, -0.2) is 51.8 Å². The largest absolute Gasteiger partial charge is 0.395 e. The summed E-state index contributed by atoms with van der Waals surface area (Å²) < 4.78 is 47.6. The first-order valence-corrected chi connectivity index (χ1v) is 11.0. The molecule has 0 aliphatic rings. The van der Waals surface area contributed by atoms with E-state index in [1.165, 1.54) is 24.3 Å². The summed E-state index contributed by atoms with van der Waals surface area (Å²) in [5.74, 6) is -0.694. The molecule has 0 spiro atoms. The van der Waals surface area contributed by atoms with Gasteiger partial charge in [-0.1, -0.05) is 6.07 Å². The molecule has 0 fully saturated rings. The molecule has 0 bridgehead atoms. The molecule has 0 saturated carbocycles. The van der Waals surface area contributed by atoms with Crippen molar-refractivity contribution in [1.82, 2.24) is 0 Å². The molecule has 26 heavy (non-hydrogen) atoms. The number of sulfone groups is 2. The van der Waals surface area contributed by atoms with Crippen LogP contribution in [-0.2, 0) is 19.7 Å². The zero-order chi connectivity index (χ0) is 19.2. The number of rotatable bonds is 9. The quantitative estimate of drug-likeness (QED) is 0.451. The van der Waals surface area contributed by atoms with E-state index in [4.69, 9.17) is 10.2 Å². The Kier molecular flexibility index (Phi) is 6.59. The van der Waals surface area contributed by atoms with Crippen LogP contribution < -0.4 is 10.9 Å². The minimum Gasteiger partial charge on any atom is -0.395 e. The fourth-order valence-electron chi connectivity index (χ4n) is 2.13. The number of hydrogen-bond donors (Lipinski definition) is 4. The highest BCUT2D eigenvalue weighted by Gasteiger charge is 2.14. The average Bonchev–Trinajstić information content (AvgIpc) is 2.60. The smallest absolute Gasteiger partial charge is 0.180 e. The van der Waals surface area contributed by atoms with Crippen molar-refractivity contribution in [2.75, 3.05) is 35.6 Å². The second-order valence-electron chi connectivity index (χ2n) is 5.39. The van der Waals surface area contributed by atoms with Gasteiger partial charge in [-0.2, -0.15) is 0 Å². The first-order valence-electron chi connectivity index (χ1n) is 7.68. The van der Waals surface area contributed by atoms with Gasteiger partial charge in [-0.25, -0.2) is 16.8 Å². The van der Waals surface area contributed by atoms with Crippen LogP contribution in [0, 0.1) is 0 Å². The van der Waals surface area contributed by atoms with Crippen LogP contribution in [0.5, 0.6) is 0 Å². The summed E-state index contributed by atoms with van der Waals surface area (Å²) in [6.45, 7) is -0.900. The zero-order valence-electron chi connectivity index (χ0n) is 13.8. The Labute approximate surface area is 152 Å². The molecule has 4 N–H and O–H groups in total. The predicted molar refractivity (Wildman–Crippen MR) is 98.4 cm³/mol. The Morgan fingerprint density at radius 3 is 1.81 bits per heavy atom. The number of hydrogen-bond acceptors (Lipinski definition) is 8. The van der Waals surface area contributed by atoms with Crippen molar-refractivity contribution in [1.29, 1.82) is 0 Å². The third-order valence-electron chi connectivity index (χ3n) is 3.48. The van der Waals surface area contributed by atoms with Gasteiger partial charge >= 0.3 is 0 Å². The summed E-state index contributed by atoms with van der Waals surface area (Å²) >= 11 is 0. The van der Waals surface area contributed by atoms with Crippen molar-refractivity contribution < 1.29 is 27.0 Å². The van der Waals surface area contributed by atoms with Crippen LogP contribution in [0.2, 0.25) is 0 Å². The van der Waals surface area contributed by atoms with Crippen LogP contribution in [0.25, 0.3) is 0 Å². The average molecular weight is 400 g/mol. The van der Waals surface area contributed by atoms with Gasteiger partial charge in [-0.3, -0.25) is 0 Å². The summed E-state index contributed by atoms with van der Waals surface area (Å²) in [5, 5.41) is 17.6. The normalized spacial score (nSPS) is 11.9. The molecule has 0 aliphatic heterocycles. The molecule has 0 aliphatic carbocycles. The monoisotopic (exact) mass is 400 g/mol. The summed E-state index contributed by atoms with van der Waals surface area (Å²) in [5.41, 5.74) is 6.73. The van der Waals surface area contributed by atoms with E-state index in [0.717, 1.165) is 0 Å². The molecule has 0 heterocycles. The lowest BCUT2D eigenvalue weighted by molar-refractivity contribution is 0.319. The number of aliphatic hydroxyl groups excluding tert-OH is 2. The van der Waals surface area contributed by atoms with Gasteiger partial charge in [0.15, 0.2) is 19.7 Å². The number of anilines is 2. The maximum absolute atomic E-state index is 12.0. The molecule has 8 nitrogen and oxygen atoms in total. The van der Waals surface area contributed by atoms with Crippen LogP contribution in [0.3, 0.4) is 0 Å². The molecule has 0 unspecified atom stereocenters. The van der Waals surface area contributed by atoms with Crippen molar-refractivity contribution in [3.8, 4) is 0 Å². The van der Waals surface area contributed by atoms with Crippen molar-refractivity contribution in [2.45, 2.75) is 9.79 Å². The topological polar surface area (TPSA) is 133 Å². The van der Waals surface area contributed by atoms with E-state index in [9.17, 15) is 16.8 Å². The fourth-order valence-corrected chi connectivity index (χ4v) is 4.23. The molecule has 0 amide bonds. The number of aliphatic hydroxyl groups is 2. The molecule has 2 aromatic rings. The minimum absolute atomic E-state index is 0.0868. The zero-order valence-corrected chi connectivity index (χ0v) is 15.4. The SMILES string of the molecule is O=S(=O)(CCO)c1ccc(NNc2cccc(S(=O)(=O)CCO)c2)cc1. The highest BCUT2D eigenvalue weighted by molar-refractivity contribution is 7.91. The second-order valence-corrected chi connectivity index (χ2v) is 9.61. The summed E-state index contributed by atoms with van der Waals surface area (Å²) in [6, 6.07) is 12.0. The van der Waals surface area contributed by atoms with E-state index in [-0.39, 0.29) is 21.3 Å². The molecule has 0 aromatic heterocycles. The lowest BCUT2D eigenvalue weighted by Gasteiger charge is -2.12. The predicted octanol–water partition coefficient (Wildman–Crippen LogP) is 0.658. The number of nitrogens with one attached hydrogen (secondary N) is 2. The van der Waals surface area contributed by atoms with E-state index in [1.807, 2.05) is 0 Å². The molecule has 10 heteroatoms. The summed E-state index contributed by atoms with van der Waals surface area (Å²) in [7, 11) is -7.06. The highest BCUT2D eigenvalue weighted by atomic mass is 32.2. The molecule has 142 valence electrons. The summed E-state index contributed by atoms with van der Waals surface area (Å²) in [4.78, 5) is 0.193. The van der Waals surface area contributed by atoms with Crippen molar-refractivity contribution in [3.05, 3.63) is 48.5 Å². The molecular formula is C16H20N2O6S2. The van der Waals surface area contributed by atoms with Gasteiger partial charge in [0.1, 0.15) is 0 Å².